The standard InChI is InChI=1S/C18H25NO3/c1-4-5-6-7-8-14-9-10-15-16(11-14)17(12-18(15)21)19(3)22-13(2)20/h9-11,17H,4-8,12H2,1-3H3. The lowest BCUT2D eigenvalue weighted by Gasteiger charge is -2.22. The lowest BCUT2D eigenvalue weighted by molar-refractivity contribution is -0.191. The van der Waals surface area contributed by atoms with Crippen LogP contribution in [0.4, 0.5) is 0 Å². The molecule has 0 aromatic heterocycles. The zero-order chi connectivity index (χ0) is 16.1. The molecule has 1 aliphatic carbocycles. The highest BCUT2D eigenvalue weighted by Crippen LogP contribution is 2.36. The van der Waals surface area contributed by atoms with Crippen molar-refractivity contribution in [3.8, 4) is 0 Å². The summed E-state index contributed by atoms with van der Waals surface area (Å²) in [6.45, 7) is 3.58. The number of carbonyl (C=O) groups excluding carboxylic acids is 2. The number of benzene rings is 1. The normalized spacial score (nSPS) is 16.9. The molecular weight excluding hydrogens is 278 g/mol. The number of carbonyl (C=O) groups is 2. The summed E-state index contributed by atoms with van der Waals surface area (Å²) in [4.78, 5) is 28.4. The van der Waals surface area contributed by atoms with Gasteiger partial charge in [0, 0.05) is 26.0 Å². The first-order chi connectivity index (χ1) is 10.5. The first-order valence-electron chi connectivity index (χ1n) is 8.10. The van der Waals surface area contributed by atoms with Crippen molar-refractivity contribution in [1.82, 2.24) is 5.06 Å². The van der Waals surface area contributed by atoms with E-state index in [1.165, 1.54) is 43.2 Å². The van der Waals surface area contributed by atoms with E-state index in [4.69, 9.17) is 4.84 Å². The van der Waals surface area contributed by atoms with Crippen LogP contribution in [0.5, 0.6) is 0 Å². The van der Waals surface area contributed by atoms with Crippen LogP contribution >= 0.6 is 0 Å². The van der Waals surface area contributed by atoms with E-state index in [-0.39, 0.29) is 17.8 Å². The van der Waals surface area contributed by atoms with Gasteiger partial charge < -0.3 is 4.84 Å². The molecule has 0 radical (unpaired) electrons. The minimum Gasteiger partial charge on any atom is -0.368 e. The van der Waals surface area contributed by atoms with Gasteiger partial charge in [0.1, 0.15) is 0 Å². The molecule has 4 nitrogen and oxygen atoms in total. The SMILES string of the molecule is CCCCCCc1ccc2c(c1)C(N(C)OC(C)=O)CC2=O. The van der Waals surface area contributed by atoms with Gasteiger partial charge in [-0.1, -0.05) is 44.4 Å². The van der Waals surface area contributed by atoms with Crippen molar-refractivity contribution in [2.45, 2.75) is 58.4 Å². The van der Waals surface area contributed by atoms with Crippen LogP contribution in [-0.4, -0.2) is 23.9 Å². The third kappa shape index (κ3) is 3.95. The number of aryl methyl sites for hydroxylation is 1. The van der Waals surface area contributed by atoms with Crippen LogP contribution in [0.25, 0.3) is 0 Å². The lowest BCUT2D eigenvalue weighted by Crippen LogP contribution is -2.25. The van der Waals surface area contributed by atoms with E-state index in [0.717, 1.165) is 17.5 Å². The molecule has 0 saturated carbocycles. The van der Waals surface area contributed by atoms with Crippen LogP contribution in [0.1, 0.15) is 73.5 Å². The topological polar surface area (TPSA) is 46.6 Å². The van der Waals surface area contributed by atoms with Crippen molar-refractivity contribution < 1.29 is 14.4 Å². The number of nitrogens with zero attached hydrogens (tertiary/aromatic N) is 1. The Balaban J connectivity index is 2.11. The molecule has 1 atom stereocenters. The highest BCUT2D eigenvalue weighted by Gasteiger charge is 2.33. The predicted molar refractivity (Wildman–Crippen MR) is 85.5 cm³/mol. The highest BCUT2D eigenvalue weighted by atomic mass is 16.7. The average Bonchev–Trinajstić information content (AvgIpc) is 2.80. The molecule has 1 aromatic rings. The molecule has 1 unspecified atom stereocenters. The molecule has 1 aliphatic rings. The fourth-order valence-corrected chi connectivity index (χ4v) is 3.04. The van der Waals surface area contributed by atoms with Crippen LogP contribution in [0, 0.1) is 0 Å². The second-order valence-corrected chi connectivity index (χ2v) is 6.00. The van der Waals surface area contributed by atoms with Gasteiger partial charge in [-0.3, -0.25) is 9.59 Å². The maximum atomic E-state index is 12.1. The van der Waals surface area contributed by atoms with Crippen LogP contribution < -0.4 is 0 Å². The second-order valence-electron chi connectivity index (χ2n) is 6.00. The molecule has 0 spiro atoms. The molecular formula is C18H25NO3. The summed E-state index contributed by atoms with van der Waals surface area (Å²) in [5.74, 6) is -0.240. The summed E-state index contributed by atoms with van der Waals surface area (Å²) in [5.41, 5.74) is 3.01. The van der Waals surface area contributed by atoms with Gasteiger partial charge in [0.15, 0.2) is 5.78 Å². The van der Waals surface area contributed by atoms with E-state index in [2.05, 4.69) is 19.1 Å². The number of hydrogen-bond donors (Lipinski definition) is 0. The van der Waals surface area contributed by atoms with Crippen molar-refractivity contribution in [3.05, 3.63) is 34.9 Å². The Morgan fingerprint density at radius 1 is 1.32 bits per heavy atom. The molecule has 1 aromatic carbocycles. The Labute approximate surface area is 132 Å². The Morgan fingerprint density at radius 2 is 2.09 bits per heavy atom. The number of rotatable bonds is 7. The third-order valence-electron chi connectivity index (χ3n) is 4.18. The zero-order valence-corrected chi connectivity index (χ0v) is 13.7. The van der Waals surface area contributed by atoms with E-state index < -0.39 is 0 Å². The molecule has 2 rings (SSSR count). The van der Waals surface area contributed by atoms with E-state index in [1.807, 2.05) is 6.07 Å². The number of hydroxylamine groups is 2. The Bertz CT molecular complexity index is 553. The lowest BCUT2D eigenvalue weighted by atomic mass is 10.00. The Morgan fingerprint density at radius 3 is 2.77 bits per heavy atom. The van der Waals surface area contributed by atoms with Crippen molar-refractivity contribution in [3.63, 3.8) is 0 Å². The summed E-state index contributed by atoms with van der Waals surface area (Å²) in [5, 5.41) is 1.51. The minimum atomic E-state index is -0.362. The molecule has 0 heterocycles. The van der Waals surface area contributed by atoms with Crippen molar-refractivity contribution >= 4 is 11.8 Å². The third-order valence-corrected chi connectivity index (χ3v) is 4.18. The molecule has 0 saturated heterocycles. The smallest absolute Gasteiger partial charge is 0.322 e. The fourth-order valence-electron chi connectivity index (χ4n) is 3.04. The number of Topliss-reactive ketones (excluding diaryl/α,β-unsaturated/α-hetero) is 1. The van der Waals surface area contributed by atoms with E-state index >= 15 is 0 Å². The molecule has 0 bridgehead atoms. The number of fused-ring (bicyclic) bond motifs is 1. The van der Waals surface area contributed by atoms with Crippen LogP contribution in [0.15, 0.2) is 18.2 Å². The van der Waals surface area contributed by atoms with Crippen molar-refractivity contribution in [1.29, 1.82) is 0 Å². The minimum absolute atomic E-state index is 0.122. The predicted octanol–water partition coefficient (Wildman–Crippen LogP) is 3.85. The van der Waals surface area contributed by atoms with E-state index in [0.29, 0.717) is 6.42 Å². The van der Waals surface area contributed by atoms with Gasteiger partial charge in [-0.2, -0.15) is 0 Å². The molecule has 120 valence electrons. The summed E-state index contributed by atoms with van der Waals surface area (Å²) in [6, 6.07) is 5.92. The Kier molecular flexibility index (Phi) is 5.72. The molecule has 22 heavy (non-hydrogen) atoms. The molecule has 0 aliphatic heterocycles. The molecule has 0 N–H and O–H groups in total. The monoisotopic (exact) mass is 303 g/mol. The van der Waals surface area contributed by atoms with Crippen LogP contribution in [0.3, 0.4) is 0 Å². The van der Waals surface area contributed by atoms with Gasteiger partial charge in [0.25, 0.3) is 0 Å². The maximum absolute atomic E-state index is 12.1. The van der Waals surface area contributed by atoms with E-state index in [1.54, 1.807) is 7.05 Å². The van der Waals surface area contributed by atoms with Crippen molar-refractivity contribution in [2.24, 2.45) is 0 Å². The number of hydrogen-bond acceptors (Lipinski definition) is 4. The first-order valence-corrected chi connectivity index (χ1v) is 8.10. The molecule has 4 heteroatoms. The van der Waals surface area contributed by atoms with Gasteiger partial charge >= 0.3 is 5.97 Å². The molecule has 0 fully saturated rings. The second kappa shape index (κ2) is 7.54. The summed E-state index contributed by atoms with van der Waals surface area (Å²) in [7, 11) is 1.71. The van der Waals surface area contributed by atoms with Gasteiger partial charge in [-0.25, -0.2) is 0 Å². The summed E-state index contributed by atoms with van der Waals surface area (Å²) in [6.07, 6.45) is 6.31. The molecule has 0 amide bonds. The average molecular weight is 303 g/mol. The van der Waals surface area contributed by atoms with Gasteiger partial charge in [-0.05, 0) is 24.0 Å². The zero-order valence-electron chi connectivity index (χ0n) is 13.7. The van der Waals surface area contributed by atoms with Crippen LogP contribution in [0.2, 0.25) is 0 Å². The maximum Gasteiger partial charge on any atom is 0.322 e. The Hall–Kier alpha value is -1.68. The largest absolute Gasteiger partial charge is 0.368 e. The number of unbranched alkanes of at least 4 members (excludes halogenated alkanes) is 3. The quantitative estimate of drug-likeness (QED) is 0.567. The van der Waals surface area contributed by atoms with Gasteiger partial charge in [0.05, 0.1) is 6.04 Å². The van der Waals surface area contributed by atoms with Gasteiger partial charge in [-0.15, -0.1) is 5.06 Å². The summed E-state index contributed by atoms with van der Waals surface area (Å²) >= 11 is 0. The van der Waals surface area contributed by atoms with Gasteiger partial charge in [0.2, 0.25) is 0 Å². The first kappa shape index (κ1) is 16.7. The fraction of sp³-hybridized carbons (Fsp3) is 0.556. The van der Waals surface area contributed by atoms with Crippen molar-refractivity contribution in [2.75, 3.05) is 7.05 Å². The highest BCUT2D eigenvalue weighted by molar-refractivity contribution is 6.01. The number of ketones is 1. The van der Waals surface area contributed by atoms with Crippen LogP contribution in [-0.2, 0) is 16.1 Å². The summed E-state index contributed by atoms with van der Waals surface area (Å²) < 4.78 is 0. The van der Waals surface area contributed by atoms with E-state index in [9.17, 15) is 9.59 Å².